The molecule has 0 fully saturated rings. The highest BCUT2D eigenvalue weighted by Gasteiger charge is 2.12. The van der Waals surface area contributed by atoms with Crippen LogP contribution in [0.4, 0.5) is 0 Å². The van der Waals surface area contributed by atoms with Crippen molar-refractivity contribution in [2.75, 3.05) is 33.8 Å². The second kappa shape index (κ2) is 14.1. The monoisotopic (exact) mass is 342 g/mol. The van der Waals surface area contributed by atoms with Gasteiger partial charge in [-0.25, -0.2) is 0 Å². The zero-order chi connectivity index (χ0) is 18.4. The van der Waals surface area contributed by atoms with Crippen molar-refractivity contribution in [2.45, 2.75) is 71.9 Å². The van der Waals surface area contributed by atoms with E-state index in [2.05, 4.69) is 53.0 Å². The summed E-state index contributed by atoms with van der Waals surface area (Å²) < 4.78 is 4.63. The van der Waals surface area contributed by atoms with Crippen LogP contribution in [0.3, 0.4) is 0 Å². The molecule has 2 N–H and O–H groups in total. The third-order valence-corrected chi connectivity index (χ3v) is 4.04. The molecule has 0 aliphatic carbocycles. The molecule has 0 radical (unpaired) electrons. The quantitative estimate of drug-likeness (QED) is 0.247. The Kier molecular flexibility index (Phi) is 13.3. The summed E-state index contributed by atoms with van der Waals surface area (Å²) in [6.07, 6.45) is 4.66. The molecule has 142 valence electrons. The van der Waals surface area contributed by atoms with Gasteiger partial charge >= 0.3 is 5.97 Å². The minimum atomic E-state index is -0.116. The summed E-state index contributed by atoms with van der Waals surface area (Å²) in [4.78, 5) is 17.7. The number of hydrogen-bond acceptors (Lipinski definition) is 4. The van der Waals surface area contributed by atoms with Crippen LogP contribution in [-0.4, -0.2) is 62.7 Å². The molecule has 0 heterocycles. The van der Waals surface area contributed by atoms with E-state index in [-0.39, 0.29) is 5.97 Å². The van der Waals surface area contributed by atoms with E-state index in [1.165, 1.54) is 7.11 Å². The second-order valence-corrected chi connectivity index (χ2v) is 6.59. The number of methoxy groups -OCH3 is 1. The summed E-state index contributed by atoms with van der Waals surface area (Å²) in [6, 6.07) is 1.10. The highest BCUT2D eigenvalue weighted by molar-refractivity contribution is 5.79. The lowest BCUT2D eigenvalue weighted by molar-refractivity contribution is -0.140. The molecule has 0 saturated carbocycles. The SMILES string of the molecule is CN=C(NCCCCCCC(=O)OC)NCCN(C(C)C)C(C)C. The van der Waals surface area contributed by atoms with Crippen LogP contribution in [0.15, 0.2) is 4.99 Å². The highest BCUT2D eigenvalue weighted by Crippen LogP contribution is 2.04. The maximum Gasteiger partial charge on any atom is 0.305 e. The summed E-state index contributed by atoms with van der Waals surface area (Å²) in [5.41, 5.74) is 0. The predicted octanol–water partition coefficient (Wildman–Crippen LogP) is 2.39. The maximum absolute atomic E-state index is 11.0. The third-order valence-electron chi connectivity index (χ3n) is 4.04. The van der Waals surface area contributed by atoms with E-state index < -0.39 is 0 Å². The zero-order valence-corrected chi connectivity index (χ0v) is 16.5. The molecular weight excluding hydrogens is 304 g/mol. The van der Waals surface area contributed by atoms with Crippen molar-refractivity contribution in [3.8, 4) is 0 Å². The molecule has 0 aliphatic heterocycles. The van der Waals surface area contributed by atoms with Crippen LogP contribution in [0, 0.1) is 0 Å². The van der Waals surface area contributed by atoms with Gasteiger partial charge in [0.05, 0.1) is 7.11 Å². The summed E-state index contributed by atoms with van der Waals surface area (Å²) in [7, 11) is 3.24. The fourth-order valence-electron chi connectivity index (χ4n) is 2.69. The molecule has 6 heteroatoms. The molecule has 0 amide bonds. The van der Waals surface area contributed by atoms with Crippen LogP contribution in [-0.2, 0) is 9.53 Å². The Bertz CT molecular complexity index is 349. The van der Waals surface area contributed by atoms with E-state index >= 15 is 0 Å². The maximum atomic E-state index is 11.0. The molecule has 0 aromatic rings. The number of nitrogens with zero attached hydrogens (tertiary/aromatic N) is 2. The first kappa shape index (κ1) is 22.7. The lowest BCUT2D eigenvalue weighted by Gasteiger charge is -2.30. The lowest BCUT2D eigenvalue weighted by Crippen LogP contribution is -2.45. The standard InChI is InChI=1S/C18H38N4O2/c1-15(2)22(16(3)4)14-13-21-18(19-5)20-12-10-8-7-9-11-17(23)24-6/h15-16H,7-14H2,1-6H3,(H2,19,20,21). The van der Waals surface area contributed by atoms with Gasteiger partial charge in [-0.1, -0.05) is 12.8 Å². The van der Waals surface area contributed by atoms with Gasteiger partial charge in [0.2, 0.25) is 0 Å². The first-order valence-electron chi connectivity index (χ1n) is 9.19. The fraction of sp³-hybridized carbons (Fsp3) is 0.889. The normalized spacial score (nSPS) is 12.1. The number of nitrogens with one attached hydrogen (secondary N) is 2. The highest BCUT2D eigenvalue weighted by atomic mass is 16.5. The molecule has 6 nitrogen and oxygen atoms in total. The molecule has 0 bridgehead atoms. The van der Waals surface area contributed by atoms with Crippen LogP contribution in [0.25, 0.3) is 0 Å². The van der Waals surface area contributed by atoms with Gasteiger partial charge in [0.1, 0.15) is 0 Å². The van der Waals surface area contributed by atoms with Crippen molar-refractivity contribution in [1.82, 2.24) is 15.5 Å². The van der Waals surface area contributed by atoms with E-state index in [9.17, 15) is 4.79 Å². The first-order valence-corrected chi connectivity index (χ1v) is 9.19. The van der Waals surface area contributed by atoms with Gasteiger partial charge in [-0.2, -0.15) is 0 Å². The van der Waals surface area contributed by atoms with Gasteiger partial charge in [0, 0.05) is 45.2 Å². The fourth-order valence-corrected chi connectivity index (χ4v) is 2.69. The number of guanidine groups is 1. The molecule has 0 rings (SSSR count). The van der Waals surface area contributed by atoms with Gasteiger partial charge < -0.3 is 15.4 Å². The Hall–Kier alpha value is -1.30. The van der Waals surface area contributed by atoms with Crippen molar-refractivity contribution in [1.29, 1.82) is 0 Å². The Morgan fingerprint density at radius 1 is 1.00 bits per heavy atom. The van der Waals surface area contributed by atoms with Gasteiger partial charge in [-0.3, -0.25) is 14.7 Å². The topological polar surface area (TPSA) is 66.0 Å². The van der Waals surface area contributed by atoms with E-state index in [0.29, 0.717) is 18.5 Å². The van der Waals surface area contributed by atoms with Gasteiger partial charge in [-0.15, -0.1) is 0 Å². The smallest absolute Gasteiger partial charge is 0.305 e. The van der Waals surface area contributed by atoms with Crippen LogP contribution in [0.2, 0.25) is 0 Å². The van der Waals surface area contributed by atoms with Crippen molar-refractivity contribution >= 4 is 11.9 Å². The van der Waals surface area contributed by atoms with E-state index in [4.69, 9.17) is 0 Å². The molecule has 0 aliphatic rings. The Labute approximate surface area is 148 Å². The second-order valence-electron chi connectivity index (χ2n) is 6.59. The predicted molar refractivity (Wildman–Crippen MR) is 101 cm³/mol. The average Bonchev–Trinajstić information content (AvgIpc) is 2.54. The summed E-state index contributed by atoms with van der Waals surface area (Å²) in [5, 5.41) is 6.71. The summed E-state index contributed by atoms with van der Waals surface area (Å²) in [6.45, 7) is 11.7. The minimum absolute atomic E-state index is 0.116. The van der Waals surface area contributed by atoms with Crippen molar-refractivity contribution in [3.63, 3.8) is 0 Å². The average molecular weight is 343 g/mol. The Morgan fingerprint density at radius 3 is 2.12 bits per heavy atom. The molecule has 0 aromatic heterocycles. The minimum Gasteiger partial charge on any atom is -0.469 e. The molecule has 24 heavy (non-hydrogen) atoms. The molecule has 0 aromatic carbocycles. The van der Waals surface area contributed by atoms with E-state index in [1.807, 2.05) is 0 Å². The summed E-state index contributed by atoms with van der Waals surface area (Å²) in [5.74, 6) is 0.742. The number of unbranched alkanes of at least 4 members (excludes halogenated alkanes) is 3. The van der Waals surface area contributed by atoms with Gasteiger partial charge in [0.25, 0.3) is 0 Å². The number of carbonyl (C=O) groups is 1. The molecule has 0 unspecified atom stereocenters. The number of hydrogen-bond donors (Lipinski definition) is 2. The number of ether oxygens (including phenoxy) is 1. The molecule has 0 saturated heterocycles. The van der Waals surface area contributed by atoms with Crippen LogP contribution in [0.5, 0.6) is 0 Å². The molecule has 0 atom stereocenters. The van der Waals surface area contributed by atoms with Crippen molar-refractivity contribution in [2.24, 2.45) is 4.99 Å². The number of esters is 1. The number of aliphatic imine (C=N–C) groups is 1. The number of rotatable bonds is 12. The molecular formula is C18H38N4O2. The van der Waals surface area contributed by atoms with Crippen LogP contribution in [0.1, 0.15) is 59.8 Å². The van der Waals surface area contributed by atoms with Crippen LogP contribution < -0.4 is 10.6 Å². The van der Waals surface area contributed by atoms with Gasteiger partial charge in [-0.05, 0) is 40.5 Å². The number of carbonyl (C=O) groups excluding carboxylic acids is 1. The molecule has 0 spiro atoms. The van der Waals surface area contributed by atoms with Crippen molar-refractivity contribution in [3.05, 3.63) is 0 Å². The first-order chi connectivity index (χ1) is 11.4. The zero-order valence-electron chi connectivity index (χ0n) is 16.5. The largest absolute Gasteiger partial charge is 0.469 e. The van der Waals surface area contributed by atoms with Crippen LogP contribution >= 0.6 is 0 Å². The van der Waals surface area contributed by atoms with E-state index in [1.54, 1.807) is 7.05 Å². The Balaban J connectivity index is 3.76. The van der Waals surface area contributed by atoms with E-state index in [0.717, 1.165) is 51.3 Å². The summed E-state index contributed by atoms with van der Waals surface area (Å²) >= 11 is 0. The third kappa shape index (κ3) is 11.3. The Morgan fingerprint density at radius 2 is 1.58 bits per heavy atom. The van der Waals surface area contributed by atoms with Gasteiger partial charge in [0.15, 0.2) is 5.96 Å². The van der Waals surface area contributed by atoms with Crippen molar-refractivity contribution < 1.29 is 9.53 Å². The lowest BCUT2D eigenvalue weighted by atomic mass is 10.1.